The highest BCUT2D eigenvalue weighted by molar-refractivity contribution is 6.30. The maximum absolute atomic E-state index is 13.5. The number of hydroxylamine groups is 1. The number of hydrogen-bond acceptors (Lipinski definition) is 6. The number of rotatable bonds is 5. The largest absolute Gasteiger partial charge is 0.348 e. The summed E-state index contributed by atoms with van der Waals surface area (Å²) in [5.41, 5.74) is 3.25. The van der Waals surface area contributed by atoms with Crippen LogP contribution in [0.25, 0.3) is 10.9 Å². The highest BCUT2D eigenvalue weighted by atomic mass is 35.5. The average Bonchev–Trinajstić information content (AvgIpc) is 2.81. The van der Waals surface area contributed by atoms with Gasteiger partial charge in [-0.05, 0) is 47.5 Å². The summed E-state index contributed by atoms with van der Waals surface area (Å²) in [7, 11) is 1.53. The first-order chi connectivity index (χ1) is 15.7. The Labute approximate surface area is 191 Å². The second kappa shape index (κ2) is 8.93. The Bertz CT molecular complexity index is 1440. The van der Waals surface area contributed by atoms with Crippen molar-refractivity contribution < 1.29 is 14.4 Å². The molecule has 33 heavy (non-hydrogen) atoms. The molecule has 4 rings (SSSR count). The van der Waals surface area contributed by atoms with Crippen molar-refractivity contribution in [3.8, 4) is 0 Å². The number of aromatic nitrogens is 2. The number of carbonyl (C=O) groups is 1. The molecule has 2 aromatic carbocycles. The van der Waals surface area contributed by atoms with Crippen molar-refractivity contribution in [1.82, 2.24) is 25.0 Å². The number of hydrogen-bond donors (Lipinski definition) is 3. The molecule has 1 aliphatic rings. The molecule has 0 radical (unpaired) electrons. The van der Waals surface area contributed by atoms with Crippen molar-refractivity contribution in [2.75, 3.05) is 6.54 Å². The molecule has 0 spiro atoms. The van der Waals surface area contributed by atoms with Crippen molar-refractivity contribution in [2.24, 2.45) is 7.05 Å². The van der Waals surface area contributed by atoms with Crippen LogP contribution in [0.5, 0.6) is 0 Å². The van der Waals surface area contributed by atoms with Crippen molar-refractivity contribution in [3.63, 3.8) is 0 Å². The molecule has 1 aliphatic heterocycles. The lowest BCUT2D eigenvalue weighted by Crippen LogP contribution is -2.39. The van der Waals surface area contributed by atoms with E-state index in [2.05, 4.69) is 10.7 Å². The third-order valence-electron chi connectivity index (χ3n) is 5.20. The van der Waals surface area contributed by atoms with E-state index in [1.54, 1.807) is 6.08 Å². The first-order valence-corrected chi connectivity index (χ1v) is 10.2. The minimum absolute atomic E-state index is 0.104. The average molecular weight is 472 g/mol. The Morgan fingerprint density at radius 3 is 2.70 bits per heavy atom. The lowest BCUT2D eigenvalue weighted by atomic mass is 10.1. The molecule has 1 amide bonds. The van der Waals surface area contributed by atoms with Gasteiger partial charge in [-0.2, -0.15) is 5.17 Å². The Balaban J connectivity index is 1.65. The molecule has 0 saturated heterocycles. The summed E-state index contributed by atoms with van der Waals surface area (Å²) in [4.78, 5) is 38.5. The monoisotopic (exact) mass is 471 g/mol. The highest BCUT2D eigenvalue weighted by Gasteiger charge is 2.15. The quantitative estimate of drug-likeness (QED) is 0.524. The molecular formula is C22H19ClFN5O4. The molecule has 9 nitrogen and oxygen atoms in total. The molecule has 0 bridgehead atoms. The van der Waals surface area contributed by atoms with Crippen molar-refractivity contribution >= 4 is 28.4 Å². The first-order valence-electron chi connectivity index (χ1n) is 9.82. The van der Waals surface area contributed by atoms with E-state index in [1.165, 1.54) is 60.4 Å². The highest BCUT2D eigenvalue weighted by Crippen LogP contribution is 2.17. The number of carbonyl (C=O) groups excluding carboxylic acids is 1. The molecule has 170 valence electrons. The van der Waals surface area contributed by atoms with Gasteiger partial charge >= 0.3 is 5.69 Å². The summed E-state index contributed by atoms with van der Waals surface area (Å²) < 4.78 is 15.8. The fraction of sp³-hybridized carbons (Fsp3) is 0.136. The summed E-state index contributed by atoms with van der Waals surface area (Å²) in [6.07, 6.45) is 4.53. The van der Waals surface area contributed by atoms with Gasteiger partial charge in [0.05, 0.1) is 28.7 Å². The fourth-order valence-electron chi connectivity index (χ4n) is 3.42. The predicted octanol–water partition coefficient (Wildman–Crippen LogP) is 1.88. The third-order valence-corrected chi connectivity index (χ3v) is 5.49. The van der Waals surface area contributed by atoms with E-state index in [0.717, 1.165) is 15.3 Å². The van der Waals surface area contributed by atoms with Gasteiger partial charge < -0.3 is 5.32 Å². The molecule has 0 atom stereocenters. The first kappa shape index (κ1) is 22.3. The van der Waals surface area contributed by atoms with Gasteiger partial charge in [0.25, 0.3) is 11.5 Å². The molecule has 0 saturated carbocycles. The van der Waals surface area contributed by atoms with E-state index >= 15 is 0 Å². The summed E-state index contributed by atoms with van der Waals surface area (Å²) in [6.45, 7) is 0.0876. The van der Waals surface area contributed by atoms with Crippen LogP contribution in [-0.2, 0) is 13.6 Å². The molecule has 0 unspecified atom stereocenters. The lowest BCUT2D eigenvalue weighted by Gasteiger charge is -2.17. The van der Waals surface area contributed by atoms with Crippen LogP contribution in [-0.4, -0.2) is 32.0 Å². The number of aryl methyl sites for hydroxylation is 1. The van der Waals surface area contributed by atoms with Crippen LogP contribution in [0.4, 0.5) is 4.39 Å². The normalized spacial score (nSPS) is 13.1. The van der Waals surface area contributed by atoms with Gasteiger partial charge in [-0.1, -0.05) is 17.7 Å². The van der Waals surface area contributed by atoms with Crippen LogP contribution < -0.4 is 22.0 Å². The fourth-order valence-corrected chi connectivity index (χ4v) is 3.62. The summed E-state index contributed by atoms with van der Waals surface area (Å²) in [5.74, 6) is -1.01. The third kappa shape index (κ3) is 4.52. The molecule has 3 aromatic rings. The Hall–Kier alpha value is -3.89. The van der Waals surface area contributed by atoms with E-state index in [4.69, 9.17) is 11.6 Å². The number of nitrogens with one attached hydrogen (secondary N) is 2. The number of benzene rings is 2. The number of fused-ring (bicyclic) bond motifs is 1. The van der Waals surface area contributed by atoms with E-state index in [0.29, 0.717) is 11.1 Å². The topological polar surface area (TPSA) is 109 Å². The van der Waals surface area contributed by atoms with Gasteiger partial charge in [-0.15, -0.1) is 0 Å². The lowest BCUT2D eigenvalue weighted by molar-refractivity contribution is -0.0763. The zero-order valence-electron chi connectivity index (χ0n) is 17.4. The molecule has 1 aromatic heterocycles. The Morgan fingerprint density at radius 2 is 2.00 bits per heavy atom. The molecule has 11 heteroatoms. The van der Waals surface area contributed by atoms with Crippen LogP contribution >= 0.6 is 11.6 Å². The van der Waals surface area contributed by atoms with Gasteiger partial charge in [0.1, 0.15) is 5.82 Å². The van der Waals surface area contributed by atoms with E-state index in [-0.39, 0.29) is 29.1 Å². The van der Waals surface area contributed by atoms with Crippen LogP contribution in [0, 0.1) is 5.82 Å². The summed E-state index contributed by atoms with van der Waals surface area (Å²) >= 11 is 5.82. The Morgan fingerprint density at radius 1 is 1.21 bits per heavy atom. The zero-order chi connectivity index (χ0) is 23.7. The Kier molecular flexibility index (Phi) is 6.03. The standard InChI is InChI=1S/C22H19ClFN5O4/c1-27-19-5-3-15(20(30)25-10-14-6-7-29(33)26-11-14)9-16(19)21(31)28(22(27)32)12-13-2-4-18(24)17(23)8-13/h2-9,11,26,33H,10,12H2,1H3,(H,25,30). The SMILES string of the molecule is Cn1c(=O)n(Cc2ccc(F)c(Cl)c2)c(=O)c2cc(C(=O)NCC3=CNN(O)C=C3)ccc21. The molecule has 0 aliphatic carbocycles. The van der Waals surface area contributed by atoms with Crippen LogP contribution in [0.3, 0.4) is 0 Å². The minimum atomic E-state index is -0.598. The summed E-state index contributed by atoms with van der Waals surface area (Å²) in [6, 6.07) is 8.47. The number of amides is 1. The molecule has 2 heterocycles. The maximum atomic E-state index is 13.5. The van der Waals surface area contributed by atoms with E-state index in [1.807, 2.05) is 0 Å². The summed E-state index contributed by atoms with van der Waals surface area (Å²) in [5, 5.41) is 12.8. The van der Waals surface area contributed by atoms with Gasteiger partial charge in [0, 0.05) is 25.4 Å². The second-order valence-corrected chi connectivity index (χ2v) is 7.81. The van der Waals surface area contributed by atoms with Crippen molar-refractivity contribution in [1.29, 1.82) is 0 Å². The van der Waals surface area contributed by atoms with Gasteiger partial charge in [-0.3, -0.25) is 29.4 Å². The minimum Gasteiger partial charge on any atom is -0.348 e. The molecule has 3 N–H and O–H groups in total. The van der Waals surface area contributed by atoms with Crippen LogP contribution in [0.2, 0.25) is 5.02 Å². The maximum Gasteiger partial charge on any atom is 0.331 e. The smallest absolute Gasteiger partial charge is 0.331 e. The van der Waals surface area contributed by atoms with Crippen LogP contribution in [0.15, 0.2) is 70.0 Å². The zero-order valence-corrected chi connectivity index (χ0v) is 18.1. The van der Waals surface area contributed by atoms with Crippen LogP contribution in [0.1, 0.15) is 15.9 Å². The van der Waals surface area contributed by atoms with Crippen molar-refractivity contribution in [2.45, 2.75) is 6.54 Å². The van der Waals surface area contributed by atoms with Gasteiger partial charge in [0.15, 0.2) is 0 Å². The van der Waals surface area contributed by atoms with Gasteiger partial charge in [-0.25, -0.2) is 9.18 Å². The number of halogens is 2. The number of nitrogens with zero attached hydrogens (tertiary/aromatic N) is 3. The number of hydrazine groups is 1. The van der Waals surface area contributed by atoms with E-state index < -0.39 is 23.0 Å². The molecular weight excluding hydrogens is 453 g/mol. The van der Waals surface area contributed by atoms with E-state index in [9.17, 15) is 24.0 Å². The van der Waals surface area contributed by atoms with Gasteiger partial charge in [0.2, 0.25) is 0 Å². The van der Waals surface area contributed by atoms with Crippen molar-refractivity contribution in [3.05, 3.63) is 103 Å². The predicted molar refractivity (Wildman–Crippen MR) is 120 cm³/mol. The second-order valence-electron chi connectivity index (χ2n) is 7.40. The molecule has 0 fully saturated rings.